The summed E-state index contributed by atoms with van der Waals surface area (Å²) in [5, 5.41) is 3.17. The molecule has 1 atom stereocenters. The van der Waals surface area contributed by atoms with Crippen LogP contribution in [0.4, 0.5) is 5.69 Å². The quantitative estimate of drug-likeness (QED) is 0.790. The molecule has 0 unspecified atom stereocenters. The first kappa shape index (κ1) is 16.3. The van der Waals surface area contributed by atoms with Crippen molar-refractivity contribution >= 4 is 11.7 Å². The first-order valence-corrected chi connectivity index (χ1v) is 8.03. The van der Waals surface area contributed by atoms with Gasteiger partial charge < -0.3 is 19.5 Å². The molecule has 1 fully saturated rings. The van der Waals surface area contributed by atoms with E-state index in [-0.39, 0.29) is 12.0 Å². The molecule has 1 heterocycles. The number of nitrogens with one attached hydrogen (secondary N) is 1. The zero-order valence-corrected chi connectivity index (χ0v) is 13.7. The molecular weight excluding hydrogens is 306 g/mol. The Balaban J connectivity index is 1.56. The first-order valence-electron chi connectivity index (χ1n) is 8.03. The smallest absolute Gasteiger partial charge is 0.328 e. The second kappa shape index (κ2) is 7.84. The van der Waals surface area contributed by atoms with Gasteiger partial charge in [-0.15, -0.1) is 0 Å². The Labute approximate surface area is 141 Å². The van der Waals surface area contributed by atoms with Crippen molar-refractivity contribution in [2.75, 3.05) is 25.6 Å². The minimum absolute atomic E-state index is 0.191. The highest BCUT2D eigenvalue weighted by Crippen LogP contribution is 2.24. The van der Waals surface area contributed by atoms with E-state index in [0.29, 0.717) is 19.6 Å². The highest BCUT2D eigenvalue weighted by molar-refractivity contribution is 5.80. The van der Waals surface area contributed by atoms with Gasteiger partial charge in [0.25, 0.3) is 0 Å². The average molecular weight is 327 g/mol. The van der Waals surface area contributed by atoms with Crippen molar-refractivity contribution < 1.29 is 19.0 Å². The molecule has 1 aliphatic heterocycles. The number of cyclic esters (lactones) is 1. The van der Waals surface area contributed by atoms with Crippen LogP contribution in [0, 0.1) is 0 Å². The van der Waals surface area contributed by atoms with Crippen LogP contribution in [0.15, 0.2) is 48.5 Å². The number of hydrogen-bond acceptors (Lipinski definition) is 5. The summed E-state index contributed by atoms with van der Waals surface area (Å²) in [6.45, 7) is 1.20. The highest BCUT2D eigenvalue weighted by atomic mass is 16.5. The van der Waals surface area contributed by atoms with Gasteiger partial charge in [-0.05, 0) is 48.4 Å². The summed E-state index contributed by atoms with van der Waals surface area (Å²) in [5.41, 5.74) is 2.09. The molecule has 126 valence electrons. The summed E-state index contributed by atoms with van der Waals surface area (Å²) < 4.78 is 15.8. The lowest BCUT2D eigenvalue weighted by Gasteiger charge is -2.11. The lowest BCUT2D eigenvalue weighted by molar-refractivity contribution is -0.138. The van der Waals surface area contributed by atoms with E-state index in [1.54, 1.807) is 7.11 Å². The topological polar surface area (TPSA) is 56.8 Å². The van der Waals surface area contributed by atoms with Gasteiger partial charge in [0, 0.05) is 19.2 Å². The summed E-state index contributed by atoms with van der Waals surface area (Å²) in [5.74, 6) is 1.35. The maximum Gasteiger partial charge on any atom is 0.328 e. The summed E-state index contributed by atoms with van der Waals surface area (Å²) in [6, 6.07) is 15.3. The molecule has 0 bridgehead atoms. The van der Waals surface area contributed by atoms with Crippen molar-refractivity contribution in [1.82, 2.24) is 0 Å². The lowest BCUT2D eigenvalue weighted by Crippen LogP contribution is -2.24. The van der Waals surface area contributed by atoms with E-state index in [2.05, 4.69) is 5.32 Å². The van der Waals surface area contributed by atoms with Crippen LogP contribution in [0.1, 0.15) is 12.0 Å². The minimum atomic E-state index is -0.253. The maximum atomic E-state index is 11.5. The Bertz CT molecular complexity index is 667. The molecule has 0 spiro atoms. The molecule has 0 saturated carbocycles. The Hall–Kier alpha value is -2.53. The number of ether oxygens (including phenoxy) is 3. The Morgan fingerprint density at radius 1 is 1.08 bits per heavy atom. The normalized spacial score (nSPS) is 16.7. The van der Waals surface area contributed by atoms with Gasteiger partial charge in [0.05, 0.1) is 13.2 Å². The third-order valence-electron chi connectivity index (χ3n) is 3.88. The standard InChI is InChI=1S/C19H21NO4/c1-22-12-10-14-2-6-16(7-3-14)24-17-8-4-15(5-9-17)20-18-11-13-23-19(18)21/h2-9,18,20H,10-13H2,1H3/t18-/m1/s1. The predicted octanol–water partition coefficient (Wildman–Crippen LogP) is 3.40. The predicted molar refractivity (Wildman–Crippen MR) is 91.5 cm³/mol. The molecule has 3 rings (SSSR count). The first-order chi connectivity index (χ1) is 11.7. The van der Waals surface area contributed by atoms with Crippen molar-refractivity contribution in [3.63, 3.8) is 0 Å². The second-order valence-corrected chi connectivity index (χ2v) is 5.67. The molecule has 0 amide bonds. The molecular formula is C19H21NO4. The van der Waals surface area contributed by atoms with Crippen molar-refractivity contribution in [2.24, 2.45) is 0 Å². The van der Waals surface area contributed by atoms with E-state index in [1.165, 1.54) is 5.56 Å². The molecule has 1 saturated heterocycles. The van der Waals surface area contributed by atoms with Crippen LogP contribution in [0.2, 0.25) is 0 Å². The van der Waals surface area contributed by atoms with Gasteiger partial charge >= 0.3 is 5.97 Å². The number of carbonyl (C=O) groups excluding carboxylic acids is 1. The summed E-state index contributed by atoms with van der Waals surface area (Å²) in [6.07, 6.45) is 1.59. The summed E-state index contributed by atoms with van der Waals surface area (Å²) in [7, 11) is 1.70. The number of benzene rings is 2. The van der Waals surface area contributed by atoms with Crippen molar-refractivity contribution in [3.05, 3.63) is 54.1 Å². The van der Waals surface area contributed by atoms with Gasteiger partial charge in [0.1, 0.15) is 17.5 Å². The molecule has 0 aliphatic carbocycles. The van der Waals surface area contributed by atoms with Gasteiger partial charge in [0.2, 0.25) is 0 Å². The number of esters is 1. The van der Waals surface area contributed by atoms with Crippen LogP contribution in [-0.2, 0) is 20.7 Å². The van der Waals surface area contributed by atoms with E-state index in [9.17, 15) is 4.79 Å². The molecule has 0 aromatic heterocycles. The number of hydrogen-bond donors (Lipinski definition) is 1. The molecule has 2 aromatic rings. The lowest BCUT2D eigenvalue weighted by atomic mass is 10.1. The van der Waals surface area contributed by atoms with Gasteiger partial charge in [-0.2, -0.15) is 0 Å². The van der Waals surface area contributed by atoms with Crippen LogP contribution >= 0.6 is 0 Å². The van der Waals surface area contributed by atoms with Crippen molar-refractivity contribution in [1.29, 1.82) is 0 Å². The maximum absolute atomic E-state index is 11.5. The fourth-order valence-corrected chi connectivity index (χ4v) is 2.53. The third kappa shape index (κ3) is 4.26. The van der Waals surface area contributed by atoms with E-state index in [1.807, 2.05) is 48.5 Å². The van der Waals surface area contributed by atoms with Crippen LogP contribution in [0.3, 0.4) is 0 Å². The van der Waals surface area contributed by atoms with Gasteiger partial charge in [-0.3, -0.25) is 0 Å². The van der Waals surface area contributed by atoms with E-state index in [0.717, 1.165) is 23.6 Å². The van der Waals surface area contributed by atoms with E-state index in [4.69, 9.17) is 14.2 Å². The number of methoxy groups -OCH3 is 1. The largest absolute Gasteiger partial charge is 0.464 e. The second-order valence-electron chi connectivity index (χ2n) is 5.67. The fraction of sp³-hybridized carbons (Fsp3) is 0.316. The molecule has 5 nitrogen and oxygen atoms in total. The van der Waals surface area contributed by atoms with Gasteiger partial charge in [-0.1, -0.05) is 12.1 Å². The van der Waals surface area contributed by atoms with Gasteiger partial charge in [-0.25, -0.2) is 4.79 Å². The monoisotopic (exact) mass is 327 g/mol. The number of rotatable bonds is 7. The Kier molecular flexibility index (Phi) is 5.33. The van der Waals surface area contributed by atoms with Crippen molar-refractivity contribution in [3.8, 4) is 11.5 Å². The van der Waals surface area contributed by atoms with Crippen LogP contribution in [-0.4, -0.2) is 32.3 Å². The molecule has 0 radical (unpaired) electrons. The third-order valence-corrected chi connectivity index (χ3v) is 3.88. The SMILES string of the molecule is COCCc1ccc(Oc2ccc(N[C@@H]3CCOC3=O)cc2)cc1. The minimum Gasteiger partial charge on any atom is -0.464 e. The van der Waals surface area contributed by atoms with Crippen LogP contribution < -0.4 is 10.1 Å². The fourth-order valence-electron chi connectivity index (χ4n) is 2.53. The average Bonchev–Trinajstić information content (AvgIpc) is 3.01. The molecule has 24 heavy (non-hydrogen) atoms. The van der Waals surface area contributed by atoms with E-state index >= 15 is 0 Å². The summed E-state index contributed by atoms with van der Waals surface area (Å²) >= 11 is 0. The summed E-state index contributed by atoms with van der Waals surface area (Å²) in [4.78, 5) is 11.5. The highest BCUT2D eigenvalue weighted by Gasteiger charge is 2.25. The molecule has 2 aromatic carbocycles. The number of carbonyl (C=O) groups is 1. The Morgan fingerprint density at radius 2 is 1.75 bits per heavy atom. The number of anilines is 1. The molecule has 5 heteroatoms. The van der Waals surface area contributed by atoms with Crippen LogP contribution in [0.5, 0.6) is 11.5 Å². The zero-order chi connectivity index (χ0) is 16.8. The van der Waals surface area contributed by atoms with Crippen LogP contribution in [0.25, 0.3) is 0 Å². The molecule has 1 N–H and O–H groups in total. The molecule has 1 aliphatic rings. The Morgan fingerprint density at radius 3 is 2.33 bits per heavy atom. The zero-order valence-electron chi connectivity index (χ0n) is 13.7. The van der Waals surface area contributed by atoms with Gasteiger partial charge in [0.15, 0.2) is 0 Å². The van der Waals surface area contributed by atoms with E-state index < -0.39 is 0 Å². The van der Waals surface area contributed by atoms with Crippen molar-refractivity contribution in [2.45, 2.75) is 18.9 Å².